The highest BCUT2D eigenvalue weighted by Crippen LogP contribution is 2.11. The van der Waals surface area contributed by atoms with E-state index in [-0.39, 0.29) is 16.5 Å². The molecule has 0 aromatic heterocycles. The van der Waals surface area contributed by atoms with Crippen LogP contribution in [-0.4, -0.2) is 20.1 Å². The SMILES string of the molecule is O=S(=O)(CC#CCCl)c1ccc(F)cc1. The average Bonchev–Trinajstić information content (AvgIpc) is 2.18. The minimum Gasteiger partial charge on any atom is -0.223 e. The van der Waals surface area contributed by atoms with Crippen LogP contribution in [0.15, 0.2) is 29.2 Å². The lowest BCUT2D eigenvalue weighted by Crippen LogP contribution is -2.04. The van der Waals surface area contributed by atoms with Gasteiger partial charge in [-0.25, -0.2) is 12.8 Å². The quantitative estimate of drug-likeness (QED) is 0.453. The molecule has 0 spiro atoms. The van der Waals surface area contributed by atoms with Crippen molar-refractivity contribution in [1.82, 2.24) is 0 Å². The van der Waals surface area contributed by atoms with Gasteiger partial charge in [-0.15, -0.1) is 11.6 Å². The molecule has 5 heteroatoms. The zero-order chi connectivity index (χ0) is 11.3. The van der Waals surface area contributed by atoms with Gasteiger partial charge in [0.05, 0.1) is 10.8 Å². The highest BCUT2D eigenvalue weighted by molar-refractivity contribution is 7.91. The third-order valence-electron chi connectivity index (χ3n) is 1.63. The zero-order valence-electron chi connectivity index (χ0n) is 7.70. The first-order valence-corrected chi connectivity index (χ1v) is 6.25. The zero-order valence-corrected chi connectivity index (χ0v) is 9.28. The predicted octanol–water partition coefficient (Wildman–Crippen LogP) is 1.84. The van der Waals surface area contributed by atoms with E-state index < -0.39 is 15.7 Å². The van der Waals surface area contributed by atoms with Gasteiger partial charge >= 0.3 is 0 Å². The number of halogens is 2. The minimum absolute atomic E-state index is 0.0628. The van der Waals surface area contributed by atoms with Crippen LogP contribution in [0.1, 0.15) is 0 Å². The van der Waals surface area contributed by atoms with Crippen LogP contribution in [0, 0.1) is 17.7 Å². The fourth-order valence-electron chi connectivity index (χ4n) is 0.919. The van der Waals surface area contributed by atoms with Crippen LogP contribution in [0.2, 0.25) is 0 Å². The van der Waals surface area contributed by atoms with Crippen LogP contribution in [0.3, 0.4) is 0 Å². The van der Waals surface area contributed by atoms with E-state index in [1.165, 1.54) is 12.1 Å². The summed E-state index contributed by atoms with van der Waals surface area (Å²) in [5.41, 5.74) is 0. The van der Waals surface area contributed by atoms with E-state index >= 15 is 0 Å². The number of rotatable bonds is 2. The van der Waals surface area contributed by atoms with E-state index in [1.807, 2.05) is 0 Å². The van der Waals surface area contributed by atoms with Crippen molar-refractivity contribution in [3.8, 4) is 11.8 Å². The molecule has 0 fully saturated rings. The molecule has 0 aliphatic heterocycles. The van der Waals surface area contributed by atoms with Gasteiger partial charge in [-0.2, -0.15) is 0 Å². The fourth-order valence-corrected chi connectivity index (χ4v) is 2.02. The molecule has 0 atom stereocenters. The molecule has 0 N–H and O–H groups in total. The second-order valence-electron chi connectivity index (χ2n) is 2.70. The van der Waals surface area contributed by atoms with Crippen LogP contribution in [0.25, 0.3) is 0 Å². The van der Waals surface area contributed by atoms with Crippen LogP contribution >= 0.6 is 11.6 Å². The molecule has 1 rings (SSSR count). The first-order chi connectivity index (χ1) is 7.06. The maximum absolute atomic E-state index is 12.5. The Morgan fingerprint density at radius 2 is 1.80 bits per heavy atom. The molecule has 1 aromatic carbocycles. The molecule has 0 aliphatic rings. The van der Waals surface area contributed by atoms with Gasteiger partial charge in [0.25, 0.3) is 0 Å². The Morgan fingerprint density at radius 3 is 2.33 bits per heavy atom. The van der Waals surface area contributed by atoms with Gasteiger partial charge in [0.1, 0.15) is 11.6 Å². The second kappa shape index (κ2) is 5.15. The molecule has 0 amide bonds. The summed E-state index contributed by atoms with van der Waals surface area (Å²) in [4.78, 5) is 0.0628. The molecule has 0 bridgehead atoms. The van der Waals surface area contributed by atoms with Crippen LogP contribution in [0.4, 0.5) is 4.39 Å². The van der Waals surface area contributed by atoms with Crippen molar-refractivity contribution in [1.29, 1.82) is 0 Å². The Balaban J connectivity index is 2.91. The smallest absolute Gasteiger partial charge is 0.189 e. The molecular formula is C10H8ClFO2S. The average molecular weight is 247 g/mol. The van der Waals surface area contributed by atoms with E-state index in [0.29, 0.717) is 0 Å². The van der Waals surface area contributed by atoms with Crippen molar-refractivity contribution in [2.45, 2.75) is 4.90 Å². The van der Waals surface area contributed by atoms with Crippen molar-refractivity contribution in [2.24, 2.45) is 0 Å². The maximum Gasteiger partial charge on any atom is 0.189 e. The Labute approximate surface area is 93.0 Å². The first kappa shape index (κ1) is 12.0. The molecular weight excluding hydrogens is 239 g/mol. The van der Waals surface area contributed by atoms with Crippen molar-refractivity contribution < 1.29 is 12.8 Å². The molecule has 0 heterocycles. The summed E-state index contributed by atoms with van der Waals surface area (Å²) in [6, 6.07) is 4.63. The second-order valence-corrected chi connectivity index (χ2v) is 4.96. The van der Waals surface area contributed by atoms with Gasteiger partial charge in [-0.05, 0) is 24.3 Å². The third-order valence-corrected chi connectivity index (χ3v) is 3.28. The minimum atomic E-state index is -3.45. The van der Waals surface area contributed by atoms with Crippen LogP contribution < -0.4 is 0 Å². The fraction of sp³-hybridized carbons (Fsp3) is 0.200. The highest BCUT2D eigenvalue weighted by Gasteiger charge is 2.12. The summed E-state index contributed by atoms with van der Waals surface area (Å²) < 4.78 is 35.6. The van der Waals surface area contributed by atoms with Gasteiger partial charge < -0.3 is 0 Å². The number of benzene rings is 1. The van der Waals surface area contributed by atoms with Gasteiger partial charge in [-0.3, -0.25) is 0 Å². The van der Waals surface area contributed by atoms with E-state index in [0.717, 1.165) is 12.1 Å². The van der Waals surface area contributed by atoms with E-state index in [2.05, 4.69) is 11.8 Å². The topological polar surface area (TPSA) is 34.1 Å². The number of alkyl halides is 1. The van der Waals surface area contributed by atoms with Gasteiger partial charge in [0.15, 0.2) is 9.84 Å². The van der Waals surface area contributed by atoms with E-state index in [1.54, 1.807) is 0 Å². The summed E-state index contributed by atoms with van der Waals surface area (Å²) in [7, 11) is -3.45. The normalized spacial score (nSPS) is 10.5. The summed E-state index contributed by atoms with van der Waals surface area (Å²) >= 11 is 5.28. The monoisotopic (exact) mass is 246 g/mol. The Hall–Kier alpha value is -1.05. The maximum atomic E-state index is 12.5. The molecule has 0 aliphatic carbocycles. The third kappa shape index (κ3) is 3.54. The van der Waals surface area contributed by atoms with Crippen LogP contribution in [0.5, 0.6) is 0 Å². The van der Waals surface area contributed by atoms with Crippen molar-refractivity contribution in [2.75, 3.05) is 11.6 Å². The first-order valence-electron chi connectivity index (χ1n) is 4.06. The molecule has 0 unspecified atom stereocenters. The predicted molar refractivity (Wildman–Crippen MR) is 56.9 cm³/mol. The summed E-state index contributed by atoms with van der Waals surface area (Å²) in [6.07, 6.45) is 0. The molecule has 0 saturated heterocycles. The standard InChI is InChI=1S/C10H8ClFO2S/c11-7-1-2-8-15(13,14)10-5-3-9(12)4-6-10/h3-6H,7-8H2. The molecule has 0 saturated carbocycles. The van der Waals surface area contributed by atoms with Crippen molar-refractivity contribution >= 4 is 21.4 Å². The molecule has 2 nitrogen and oxygen atoms in total. The van der Waals surface area contributed by atoms with Gasteiger partial charge in [0.2, 0.25) is 0 Å². The Kier molecular flexibility index (Phi) is 4.13. The molecule has 1 aromatic rings. The lowest BCUT2D eigenvalue weighted by molar-refractivity contribution is 0.598. The number of hydrogen-bond acceptors (Lipinski definition) is 2. The Morgan fingerprint density at radius 1 is 1.20 bits per heavy atom. The lowest BCUT2D eigenvalue weighted by Gasteiger charge is -1.99. The Bertz CT molecular complexity index is 482. The summed E-state index contributed by atoms with van der Waals surface area (Å²) in [6.45, 7) is 0. The molecule has 15 heavy (non-hydrogen) atoms. The van der Waals surface area contributed by atoms with Crippen molar-refractivity contribution in [3.05, 3.63) is 30.1 Å². The van der Waals surface area contributed by atoms with E-state index in [9.17, 15) is 12.8 Å². The lowest BCUT2D eigenvalue weighted by atomic mass is 10.4. The summed E-state index contributed by atoms with van der Waals surface area (Å²) in [5, 5.41) is 0. The van der Waals surface area contributed by atoms with Gasteiger partial charge in [-0.1, -0.05) is 11.8 Å². The van der Waals surface area contributed by atoms with Gasteiger partial charge in [0, 0.05) is 0 Å². The largest absolute Gasteiger partial charge is 0.223 e. The van der Waals surface area contributed by atoms with Crippen molar-refractivity contribution in [3.63, 3.8) is 0 Å². The number of sulfone groups is 1. The number of hydrogen-bond donors (Lipinski definition) is 0. The highest BCUT2D eigenvalue weighted by atomic mass is 35.5. The molecule has 80 valence electrons. The summed E-state index contributed by atoms with van der Waals surface area (Å²) in [5.74, 6) is 4.20. The van der Waals surface area contributed by atoms with Crippen LogP contribution in [-0.2, 0) is 9.84 Å². The molecule has 0 radical (unpaired) electrons. The van der Waals surface area contributed by atoms with E-state index in [4.69, 9.17) is 11.6 Å².